The fourth-order valence-electron chi connectivity index (χ4n) is 2.47. The lowest BCUT2D eigenvalue weighted by molar-refractivity contribution is 0.216. The van der Waals surface area contributed by atoms with Crippen molar-refractivity contribution in [3.8, 4) is 0 Å². The van der Waals surface area contributed by atoms with Gasteiger partial charge in [0.1, 0.15) is 5.82 Å². The van der Waals surface area contributed by atoms with Crippen molar-refractivity contribution < 1.29 is 13.2 Å². The number of hydrogen-bond acceptors (Lipinski definition) is 5. The molecule has 2 aromatic rings. The van der Waals surface area contributed by atoms with Crippen molar-refractivity contribution >= 4 is 21.6 Å². The number of sulfone groups is 1. The van der Waals surface area contributed by atoms with Gasteiger partial charge < -0.3 is 10.2 Å². The highest BCUT2D eigenvalue weighted by Crippen LogP contribution is 2.13. The fourth-order valence-corrected chi connectivity index (χ4v) is 3.68. The number of carbonyl (C=O) groups is 1. The SMILES string of the molecule is Cc1nc(Cc2ccc(NC(=O)N3CCS(=O)(=O)CC3)cc2)n[nH]1. The van der Waals surface area contributed by atoms with Crippen molar-refractivity contribution in [3.63, 3.8) is 0 Å². The highest BCUT2D eigenvalue weighted by molar-refractivity contribution is 7.91. The van der Waals surface area contributed by atoms with Gasteiger partial charge >= 0.3 is 6.03 Å². The van der Waals surface area contributed by atoms with Crippen molar-refractivity contribution in [3.05, 3.63) is 41.5 Å². The molecule has 1 aromatic carbocycles. The molecular weight excluding hydrogens is 330 g/mol. The van der Waals surface area contributed by atoms with Gasteiger partial charge in [0.15, 0.2) is 15.7 Å². The molecule has 3 rings (SSSR count). The van der Waals surface area contributed by atoms with Crippen LogP contribution in [0.3, 0.4) is 0 Å². The molecule has 0 spiro atoms. The normalized spacial score (nSPS) is 16.8. The van der Waals surface area contributed by atoms with Gasteiger partial charge in [0.05, 0.1) is 11.5 Å². The number of hydrogen-bond donors (Lipinski definition) is 2. The summed E-state index contributed by atoms with van der Waals surface area (Å²) in [6.07, 6.45) is 0.614. The minimum atomic E-state index is -2.99. The zero-order valence-electron chi connectivity index (χ0n) is 13.3. The molecular formula is C15H19N5O3S. The van der Waals surface area contributed by atoms with E-state index >= 15 is 0 Å². The lowest BCUT2D eigenvalue weighted by atomic mass is 10.1. The molecule has 24 heavy (non-hydrogen) atoms. The maximum Gasteiger partial charge on any atom is 0.321 e. The fraction of sp³-hybridized carbons (Fsp3) is 0.400. The van der Waals surface area contributed by atoms with E-state index in [-0.39, 0.29) is 30.6 Å². The average molecular weight is 349 g/mol. The van der Waals surface area contributed by atoms with Gasteiger partial charge in [-0.3, -0.25) is 5.10 Å². The molecule has 0 bridgehead atoms. The molecule has 2 heterocycles. The van der Waals surface area contributed by atoms with E-state index in [1.165, 1.54) is 4.90 Å². The van der Waals surface area contributed by atoms with E-state index in [2.05, 4.69) is 20.5 Å². The van der Waals surface area contributed by atoms with Crippen LogP contribution in [0.15, 0.2) is 24.3 Å². The van der Waals surface area contributed by atoms with Crippen LogP contribution in [0.5, 0.6) is 0 Å². The number of anilines is 1. The van der Waals surface area contributed by atoms with Crippen LogP contribution in [0.1, 0.15) is 17.2 Å². The minimum Gasteiger partial charge on any atom is -0.322 e. The first-order valence-corrected chi connectivity index (χ1v) is 9.47. The standard InChI is InChI=1S/C15H19N5O3S/c1-11-16-14(19-18-11)10-12-2-4-13(5-3-12)17-15(21)20-6-8-24(22,23)9-7-20/h2-5H,6-10H2,1H3,(H,17,21)(H,16,18,19). The summed E-state index contributed by atoms with van der Waals surface area (Å²) in [5, 5.41) is 9.68. The quantitative estimate of drug-likeness (QED) is 0.858. The van der Waals surface area contributed by atoms with Gasteiger partial charge in [-0.05, 0) is 24.6 Å². The molecule has 2 amide bonds. The number of aromatic amines is 1. The third-order valence-corrected chi connectivity index (χ3v) is 5.45. The van der Waals surface area contributed by atoms with E-state index < -0.39 is 9.84 Å². The van der Waals surface area contributed by atoms with E-state index in [0.29, 0.717) is 12.1 Å². The van der Waals surface area contributed by atoms with Crippen molar-refractivity contribution in [2.24, 2.45) is 0 Å². The first kappa shape index (κ1) is 16.4. The predicted molar refractivity (Wildman–Crippen MR) is 89.6 cm³/mol. The number of nitrogens with zero attached hydrogens (tertiary/aromatic N) is 3. The lowest BCUT2D eigenvalue weighted by Crippen LogP contribution is -2.45. The third kappa shape index (κ3) is 4.10. The minimum absolute atomic E-state index is 0.0233. The molecule has 0 aliphatic carbocycles. The molecule has 2 N–H and O–H groups in total. The van der Waals surface area contributed by atoms with Crippen LogP contribution in [0.25, 0.3) is 0 Å². The topological polar surface area (TPSA) is 108 Å². The van der Waals surface area contributed by atoms with Crippen molar-refractivity contribution in [1.82, 2.24) is 20.1 Å². The Morgan fingerprint density at radius 1 is 1.25 bits per heavy atom. The Balaban J connectivity index is 1.57. The molecule has 128 valence electrons. The number of carbonyl (C=O) groups excluding carboxylic acids is 1. The van der Waals surface area contributed by atoms with Gasteiger partial charge in [-0.1, -0.05) is 12.1 Å². The summed E-state index contributed by atoms with van der Waals surface area (Å²) in [7, 11) is -2.99. The van der Waals surface area contributed by atoms with Gasteiger partial charge in [-0.15, -0.1) is 0 Å². The number of aryl methyl sites for hydroxylation is 1. The van der Waals surface area contributed by atoms with E-state index in [1.54, 1.807) is 0 Å². The van der Waals surface area contributed by atoms with Gasteiger partial charge in [0.25, 0.3) is 0 Å². The number of amides is 2. The monoisotopic (exact) mass is 349 g/mol. The second kappa shape index (κ2) is 6.60. The number of nitrogens with one attached hydrogen (secondary N) is 2. The van der Waals surface area contributed by atoms with Crippen LogP contribution in [-0.4, -0.2) is 59.1 Å². The zero-order valence-corrected chi connectivity index (χ0v) is 14.1. The Morgan fingerprint density at radius 3 is 2.50 bits per heavy atom. The molecule has 0 radical (unpaired) electrons. The van der Waals surface area contributed by atoms with Crippen molar-refractivity contribution in [2.75, 3.05) is 29.9 Å². The Morgan fingerprint density at radius 2 is 1.92 bits per heavy atom. The van der Waals surface area contributed by atoms with Gasteiger partial charge in [-0.25, -0.2) is 18.2 Å². The molecule has 8 nitrogen and oxygen atoms in total. The molecule has 1 aromatic heterocycles. The molecule has 9 heteroatoms. The molecule has 0 unspecified atom stereocenters. The number of benzene rings is 1. The predicted octanol–water partition coefficient (Wildman–Crippen LogP) is 0.966. The summed E-state index contributed by atoms with van der Waals surface area (Å²) >= 11 is 0. The van der Waals surface area contributed by atoms with E-state index in [9.17, 15) is 13.2 Å². The lowest BCUT2D eigenvalue weighted by Gasteiger charge is -2.26. The third-order valence-electron chi connectivity index (χ3n) is 3.84. The maximum atomic E-state index is 12.2. The summed E-state index contributed by atoms with van der Waals surface area (Å²) in [5.41, 5.74) is 1.71. The summed E-state index contributed by atoms with van der Waals surface area (Å²) < 4.78 is 22.8. The Kier molecular flexibility index (Phi) is 4.52. The highest BCUT2D eigenvalue weighted by atomic mass is 32.2. The highest BCUT2D eigenvalue weighted by Gasteiger charge is 2.24. The van der Waals surface area contributed by atoms with Crippen molar-refractivity contribution in [1.29, 1.82) is 0 Å². The first-order valence-electron chi connectivity index (χ1n) is 7.64. The molecule has 1 fully saturated rings. The van der Waals surface area contributed by atoms with Crippen LogP contribution < -0.4 is 5.32 Å². The van der Waals surface area contributed by atoms with Crippen LogP contribution in [0, 0.1) is 6.92 Å². The number of rotatable bonds is 3. The van der Waals surface area contributed by atoms with Gasteiger partial charge in [-0.2, -0.15) is 5.10 Å². The summed E-state index contributed by atoms with van der Waals surface area (Å²) in [5.74, 6) is 1.54. The summed E-state index contributed by atoms with van der Waals surface area (Å²) in [6.45, 7) is 2.31. The van der Waals surface area contributed by atoms with Crippen LogP contribution in [-0.2, 0) is 16.3 Å². The Labute approximate surface area is 140 Å². The smallest absolute Gasteiger partial charge is 0.321 e. The van der Waals surface area contributed by atoms with Gasteiger partial charge in [0.2, 0.25) is 0 Å². The Hall–Kier alpha value is -2.42. The van der Waals surface area contributed by atoms with Gasteiger partial charge in [0, 0.05) is 25.2 Å². The second-order valence-electron chi connectivity index (χ2n) is 5.78. The number of urea groups is 1. The molecule has 1 saturated heterocycles. The van der Waals surface area contributed by atoms with Crippen LogP contribution >= 0.6 is 0 Å². The second-order valence-corrected chi connectivity index (χ2v) is 8.08. The van der Waals surface area contributed by atoms with Crippen LogP contribution in [0.2, 0.25) is 0 Å². The van der Waals surface area contributed by atoms with E-state index in [4.69, 9.17) is 0 Å². The molecule has 0 saturated carbocycles. The number of aromatic nitrogens is 3. The molecule has 0 atom stereocenters. The van der Waals surface area contributed by atoms with Crippen LogP contribution in [0.4, 0.5) is 10.5 Å². The number of H-pyrrole nitrogens is 1. The zero-order chi connectivity index (χ0) is 17.2. The van der Waals surface area contributed by atoms with Crippen molar-refractivity contribution in [2.45, 2.75) is 13.3 Å². The molecule has 1 aliphatic rings. The summed E-state index contributed by atoms with van der Waals surface area (Å²) in [4.78, 5) is 17.9. The largest absolute Gasteiger partial charge is 0.322 e. The Bertz CT molecular complexity index is 815. The first-order chi connectivity index (χ1) is 11.4. The maximum absolute atomic E-state index is 12.2. The van der Waals surface area contributed by atoms with E-state index in [1.807, 2.05) is 31.2 Å². The average Bonchev–Trinajstić information content (AvgIpc) is 2.94. The van der Waals surface area contributed by atoms with E-state index in [0.717, 1.165) is 17.2 Å². The molecule has 1 aliphatic heterocycles. The summed E-state index contributed by atoms with van der Waals surface area (Å²) in [6, 6.07) is 7.16.